The maximum Gasteiger partial charge on any atom is 0.411 e. The fourth-order valence-electron chi connectivity index (χ4n) is 4.39. The summed E-state index contributed by atoms with van der Waals surface area (Å²) < 4.78 is 6.10. The van der Waals surface area contributed by atoms with Gasteiger partial charge in [-0.05, 0) is 38.8 Å². The van der Waals surface area contributed by atoms with Crippen molar-refractivity contribution in [3.63, 3.8) is 0 Å². The normalized spacial score (nSPS) is 20.2. The topological polar surface area (TPSA) is 75.6 Å². The van der Waals surface area contributed by atoms with Crippen LogP contribution in [0.4, 0.5) is 4.79 Å². The fourth-order valence-corrected chi connectivity index (χ4v) is 5.09. The van der Waals surface area contributed by atoms with Crippen molar-refractivity contribution in [2.45, 2.75) is 57.8 Å². The Labute approximate surface area is 192 Å². The lowest BCUT2D eigenvalue weighted by atomic mass is 9.80. The Morgan fingerprint density at radius 2 is 1.84 bits per heavy atom. The van der Waals surface area contributed by atoms with Crippen LogP contribution in [0.5, 0.6) is 0 Å². The summed E-state index contributed by atoms with van der Waals surface area (Å²) in [4.78, 5) is 14.9. The quantitative estimate of drug-likeness (QED) is 0.538. The standard InChI is InChI=1S/C25H29N3O3S/c1-17(19-10-12-20(13-11-19)22-27-26-18(2)32-22)28-15-14-25(31-23(28)29,16-24(3,4)30)21-8-6-5-7-9-21/h5-13,17,30H,14-16H2,1-4H3. The molecule has 1 aliphatic rings. The molecule has 4 rings (SSSR count). The molecule has 2 atom stereocenters. The largest absolute Gasteiger partial charge is 0.438 e. The van der Waals surface area contributed by atoms with Gasteiger partial charge in [0.25, 0.3) is 0 Å². The van der Waals surface area contributed by atoms with E-state index in [1.807, 2.05) is 68.4 Å². The average Bonchev–Trinajstić information content (AvgIpc) is 3.19. The first kappa shape index (κ1) is 22.4. The van der Waals surface area contributed by atoms with Crippen LogP contribution in [0.2, 0.25) is 0 Å². The highest BCUT2D eigenvalue weighted by Crippen LogP contribution is 2.42. The number of benzene rings is 2. The van der Waals surface area contributed by atoms with Gasteiger partial charge in [0.2, 0.25) is 0 Å². The van der Waals surface area contributed by atoms with Crippen LogP contribution in [0.15, 0.2) is 54.6 Å². The van der Waals surface area contributed by atoms with Gasteiger partial charge in [0, 0.05) is 24.9 Å². The number of ether oxygens (including phenoxy) is 1. The van der Waals surface area contributed by atoms with Crippen LogP contribution < -0.4 is 0 Å². The molecule has 1 saturated heterocycles. The molecular weight excluding hydrogens is 422 g/mol. The summed E-state index contributed by atoms with van der Waals surface area (Å²) in [7, 11) is 0. The van der Waals surface area contributed by atoms with Crippen molar-refractivity contribution in [3.8, 4) is 10.6 Å². The first-order chi connectivity index (χ1) is 15.2. The van der Waals surface area contributed by atoms with E-state index in [4.69, 9.17) is 4.74 Å². The second-order valence-electron chi connectivity index (χ2n) is 9.09. The zero-order chi connectivity index (χ0) is 22.9. The van der Waals surface area contributed by atoms with Crippen LogP contribution in [0.3, 0.4) is 0 Å². The van der Waals surface area contributed by atoms with E-state index in [9.17, 15) is 9.90 Å². The van der Waals surface area contributed by atoms with E-state index in [-0.39, 0.29) is 12.1 Å². The van der Waals surface area contributed by atoms with Gasteiger partial charge in [-0.1, -0.05) is 65.9 Å². The molecule has 2 heterocycles. The molecule has 0 spiro atoms. The van der Waals surface area contributed by atoms with Crippen molar-refractivity contribution in [1.29, 1.82) is 0 Å². The van der Waals surface area contributed by atoms with Crippen molar-refractivity contribution in [1.82, 2.24) is 15.1 Å². The third-order valence-corrected chi connectivity index (χ3v) is 6.81. The van der Waals surface area contributed by atoms with Gasteiger partial charge in [-0.3, -0.25) is 0 Å². The number of carbonyl (C=O) groups is 1. The van der Waals surface area contributed by atoms with E-state index < -0.39 is 11.2 Å². The highest BCUT2D eigenvalue weighted by atomic mass is 32.1. The third kappa shape index (κ3) is 4.69. The summed E-state index contributed by atoms with van der Waals surface area (Å²) in [6.45, 7) is 8.00. The highest BCUT2D eigenvalue weighted by Gasteiger charge is 2.46. The first-order valence-electron chi connectivity index (χ1n) is 10.8. The Morgan fingerprint density at radius 1 is 1.16 bits per heavy atom. The molecule has 1 aliphatic heterocycles. The van der Waals surface area contributed by atoms with Crippen LogP contribution >= 0.6 is 11.3 Å². The van der Waals surface area contributed by atoms with Crippen molar-refractivity contribution in [2.24, 2.45) is 0 Å². The number of aryl methyl sites for hydroxylation is 1. The van der Waals surface area contributed by atoms with Crippen LogP contribution in [-0.4, -0.2) is 38.4 Å². The molecular formula is C25H29N3O3S. The number of carbonyl (C=O) groups excluding carboxylic acids is 1. The lowest BCUT2D eigenvalue weighted by Gasteiger charge is -2.45. The van der Waals surface area contributed by atoms with E-state index in [0.717, 1.165) is 26.7 Å². The molecule has 1 aromatic heterocycles. The predicted molar refractivity (Wildman–Crippen MR) is 125 cm³/mol. The third-order valence-electron chi connectivity index (χ3n) is 5.93. The molecule has 32 heavy (non-hydrogen) atoms. The number of nitrogens with zero attached hydrogens (tertiary/aromatic N) is 3. The summed E-state index contributed by atoms with van der Waals surface area (Å²) in [5.41, 5.74) is 1.15. The molecule has 3 aromatic rings. The van der Waals surface area contributed by atoms with Gasteiger partial charge < -0.3 is 14.7 Å². The molecule has 0 saturated carbocycles. The predicted octanol–water partition coefficient (Wildman–Crippen LogP) is 5.47. The Hall–Kier alpha value is -2.77. The lowest BCUT2D eigenvalue weighted by Crippen LogP contribution is -2.51. The molecule has 0 aliphatic carbocycles. The number of rotatable bonds is 6. The van der Waals surface area contributed by atoms with E-state index in [2.05, 4.69) is 10.2 Å². The van der Waals surface area contributed by atoms with Gasteiger partial charge in [-0.2, -0.15) is 0 Å². The maximum atomic E-state index is 13.2. The summed E-state index contributed by atoms with van der Waals surface area (Å²) in [5.74, 6) is 0. The minimum atomic E-state index is -0.969. The molecule has 1 fully saturated rings. The minimum absolute atomic E-state index is 0.136. The molecule has 0 bridgehead atoms. The van der Waals surface area contributed by atoms with Gasteiger partial charge >= 0.3 is 6.09 Å². The maximum absolute atomic E-state index is 13.2. The second kappa shape index (κ2) is 8.64. The Kier molecular flexibility index (Phi) is 6.05. The van der Waals surface area contributed by atoms with Crippen LogP contribution in [0.1, 0.15) is 55.8 Å². The lowest BCUT2D eigenvalue weighted by molar-refractivity contribution is -0.101. The molecule has 2 unspecified atom stereocenters. The minimum Gasteiger partial charge on any atom is -0.438 e. The van der Waals surface area contributed by atoms with Gasteiger partial charge in [0.05, 0.1) is 11.6 Å². The van der Waals surface area contributed by atoms with Gasteiger partial charge in [-0.25, -0.2) is 4.79 Å². The molecule has 0 radical (unpaired) electrons. The monoisotopic (exact) mass is 451 g/mol. The van der Waals surface area contributed by atoms with Gasteiger partial charge in [0.15, 0.2) is 0 Å². The second-order valence-corrected chi connectivity index (χ2v) is 10.3. The van der Waals surface area contributed by atoms with E-state index in [1.54, 1.807) is 30.1 Å². The van der Waals surface area contributed by atoms with Gasteiger partial charge in [-0.15, -0.1) is 10.2 Å². The fraction of sp³-hybridized carbons (Fsp3) is 0.400. The Morgan fingerprint density at radius 3 is 2.41 bits per heavy atom. The molecule has 7 heteroatoms. The van der Waals surface area contributed by atoms with E-state index >= 15 is 0 Å². The Bertz CT molecular complexity index is 1080. The summed E-state index contributed by atoms with van der Waals surface area (Å²) in [5, 5.41) is 20.6. The number of hydrogen-bond acceptors (Lipinski definition) is 6. The van der Waals surface area contributed by atoms with Crippen LogP contribution in [0.25, 0.3) is 10.6 Å². The number of amides is 1. The zero-order valence-electron chi connectivity index (χ0n) is 18.9. The molecule has 1 N–H and O–H groups in total. The highest BCUT2D eigenvalue weighted by molar-refractivity contribution is 7.14. The smallest absolute Gasteiger partial charge is 0.411 e. The van der Waals surface area contributed by atoms with Crippen molar-refractivity contribution in [3.05, 3.63) is 70.7 Å². The van der Waals surface area contributed by atoms with E-state index in [0.29, 0.717) is 19.4 Å². The number of hydrogen-bond donors (Lipinski definition) is 1. The molecule has 1 amide bonds. The summed E-state index contributed by atoms with van der Waals surface area (Å²) >= 11 is 1.56. The van der Waals surface area contributed by atoms with Crippen molar-refractivity contribution < 1.29 is 14.6 Å². The molecule has 2 aromatic carbocycles. The zero-order valence-corrected chi connectivity index (χ0v) is 19.7. The number of cyclic esters (lactones) is 1. The number of aromatic nitrogens is 2. The van der Waals surface area contributed by atoms with Crippen LogP contribution in [-0.2, 0) is 10.3 Å². The van der Waals surface area contributed by atoms with Gasteiger partial charge in [0.1, 0.15) is 15.6 Å². The number of aliphatic hydroxyl groups is 1. The average molecular weight is 452 g/mol. The first-order valence-corrected chi connectivity index (χ1v) is 11.7. The SMILES string of the molecule is Cc1nnc(-c2ccc(C(C)N3CCC(CC(C)(C)O)(c4ccccc4)OC3=O)cc2)s1. The Balaban J connectivity index is 1.53. The molecule has 6 nitrogen and oxygen atoms in total. The van der Waals surface area contributed by atoms with Crippen LogP contribution in [0, 0.1) is 6.92 Å². The molecule has 168 valence electrons. The van der Waals surface area contributed by atoms with Crippen molar-refractivity contribution >= 4 is 17.4 Å². The van der Waals surface area contributed by atoms with E-state index in [1.165, 1.54) is 0 Å². The summed E-state index contributed by atoms with van der Waals surface area (Å²) in [6.07, 6.45) is 0.591. The summed E-state index contributed by atoms with van der Waals surface area (Å²) in [6, 6.07) is 17.7. The van der Waals surface area contributed by atoms with Crippen molar-refractivity contribution in [2.75, 3.05) is 6.54 Å².